The van der Waals surface area contributed by atoms with Crippen LogP contribution >= 0.6 is 0 Å². The standard InChI is InChI=1S/C8H10BNO4/c1-5-2-6(9(13)14)4-10-7(5)3-8(11)12/h2,4,13-14H,3H2,1H3,(H,11,12). The average Bonchev–Trinajstić information content (AvgIpc) is 2.07. The number of rotatable bonds is 3. The number of nitrogens with zero attached hydrogens (tertiary/aromatic N) is 1. The molecule has 0 aliphatic rings. The van der Waals surface area contributed by atoms with Crippen molar-refractivity contribution in [1.82, 2.24) is 4.98 Å². The Morgan fingerprint density at radius 2 is 2.21 bits per heavy atom. The largest absolute Gasteiger partial charge is 0.490 e. The summed E-state index contributed by atoms with van der Waals surface area (Å²) in [4.78, 5) is 14.2. The molecule has 0 saturated carbocycles. The number of hydrogen-bond donors (Lipinski definition) is 3. The van der Waals surface area contributed by atoms with Crippen molar-refractivity contribution in [1.29, 1.82) is 0 Å². The maximum Gasteiger partial charge on any atom is 0.490 e. The summed E-state index contributed by atoms with van der Waals surface area (Å²) in [6.07, 6.45) is 1.10. The lowest BCUT2D eigenvalue weighted by atomic mass is 9.81. The molecule has 0 aliphatic carbocycles. The lowest BCUT2D eigenvalue weighted by Crippen LogP contribution is -2.30. The van der Waals surface area contributed by atoms with E-state index in [1.165, 1.54) is 12.3 Å². The Balaban J connectivity index is 2.95. The summed E-state index contributed by atoms with van der Waals surface area (Å²) in [6, 6.07) is 1.51. The van der Waals surface area contributed by atoms with E-state index >= 15 is 0 Å². The fourth-order valence-corrected chi connectivity index (χ4v) is 1.09. The van der Waals surface area contributed by atoms with E-state index in [9.17, 15) is 4.79 Å². The zero-order valence-corrected chi connectivity index (χ0v) is 7.64. The molecule has 1 heterocycles. The highest BCUT2D eigenvalue weighted by Gasteiger charge is 2.13. The Bertz CT molecular complexity index is 353. The SMILES string of the molecule is Cc1cc(B(O)O)cnc1CC(=O)O. The third-order valence-electron chi connectivity index (χ3n) is 1.82. The normalized spacial score (nSPS) is 9.93. The van der Waals surface area contributed by atoms with Gasteiger partial charge in [0.05, 0.1) is 12.1 Å². The fourth-order valence-electron chi connectivity index (χ4n) is 1.09. The summed E-state index contributed by atoms with van der Waals surface area (Å²) >= 11 is 0. The van der Waals surface area contributed by atoms with E-state index in [0.717, 1.165) is 0 Å². The predicted molar refractivity (Wildman–Crippen MR) is 50.1 cm³/mol. The highest BCUT2D eigenvalue weighted by atomic mass is 16.4. The van der Waals surface area contributed by atoms with E-state index in [2.05, 4.69) is 4.98 Å². The molecule has 0 amide bonds. The first-order valence-corrected chi connectivity index (χ1v) is 4.04. The van der Waals surface area contributed by atoms with E-state index in [1.807, 2.05) is 0 Å². The van der Waals surface area contributed by atoms with Gasteiger partial charge in [-0.25, -0.2) is 0 Å². The molecule has 1 rings (SSSR count). The Labute approximate surface area is 81.2 Å². The molecule has 0 unspecified atom stereocenters. The van der Waals surface area contributed by atoms with Crippen LogP contribution in [-0.2, 0) is 11.2 Å². The maximum atomic E-state index is 10.4. The Morgan fingerprint density at radius 1 is 1.57 bits per heavy atom. The molecule has 0 radical (unpaired) electrons. The number of aromatic nitrogens is 1. The minimum Gasteiger partial charge on any atom is -0.481 e. The van der Waals surface area contributed by atoms with Gasteiger partial charge in [0.25, 0.3) is 0 Å². The van der Waals surface area contributed by atoms with Crippen LogP contribution in [0.5, 0.6) is 0 Å². The summed E-state index contributed by atoms with van der Waals surface area (Å²) < 4.78 is 0. The zero-order valence-electron chi connectivity index (χ0n) is 7.64. The van der Waals surface area contributed by atoms with Crippen LogP contribution in [-0.4, -0.2) is 33.2 Å². The van der Waals surface area contributed by atoms with Crippen molar-refractivity contribution in [3.8, 4) is 0 Å². The number of hydrogen-bond acceptors (Lipinski definition) is 4. The van der Waals surface area contributed by atoms with Crippen LogP contribution in [0, 0.1) is 6.92 Å². The number of aryl methyl sites for hydroxylation is 1. The molecular formula is C8H10BNO4. The van der Waals surface area contributed by atoms with Gasteiger partial charge >= 0.3 is 13.1 Å². The second-order valence-electron chi connectivity index (χ2n) is 2.98. The van der Waals surface area contributed by atoms with Gasteiger partial charge in [-0.1, -0.05) is 6.07 Å². The van der Waals surface area contributed by atoms with E-state index in [-0.39, 0.29) is 11.9 Å². The summed E-state index contributed by atoms with van der Waals surface area (Å²) in [6.45, 7) is 1.68. The lowest BCUT2D eigenvalue weighted by Gasteiger charge is -2.04. The summed E-state index contributed by atoms with van der Waals surface area (Å²) in [5.74, 6) is -0.960. The predicted octanol–water partition coefficient (Wildman–Crippen LogP) is -1.30. The van der Waals surface area contributed by atoms with Gasteiger partial charge in [-0.15, -0.1) is 0 Å². The van der Waals surface area contributed by atoms with Crippen LogP contribution in [0.1, 0.15) is 11.3 Å². The van der Waals surface area contributed by atoms with Crippen molar-refractivity contribution < 1.29 is 19.9 Å². The molecule has 1 aromatic heterocycles. The first-order chi connectivity index (χ1) is 6.50. The minimum atomic E-state index is -1.57. The van der Waals surface area contributed by atoms with Crippen molar-refractivity contribution in [2.75, 3.05) is 0 Å². The molecule has 0 aliphatic heterocycles. The molecule has 0 bridgehead atoms. The molecule has 0 saturated heterocycles. The second-order valence-corrected chi connectivity index (χ2v) is 2.98. The van der Waals surface area contributed by atoms with Crippen molar-refractivity contribution in [2.24, 2.45) is 0 Å². The lowest BCUT2D eigenvalue weighted by molar-refractivity contribution is -0.136. The van der Waals surface area contributed by atoms with Crippen LogP contribution in [0.15, 0.2) is 12.3 Å². The summed E-state index contributed by atoms with van der Waals surface area (Å²) in [5, 5.41) is 26.2. The molecule has 1 aromatic rings. The maximum absolute atomic E-state index is 10.4. The molecule has 14 heavy (non-hydrogen) atoms. The number of aliphatic carboxylic acids is 1. The van der Waals surface area contributed by atoms with Gasteiger partial charge in [-0.3, -0.25) is 9.78 Å². The van der Waals surface area contributed by atoms with Gasteiger partial charge in [-0.2, -0.15) is 0 Å². The van der Waals surface area contributed by atoms with Crippen LogP contribution < -0.4 is 5.46 Å². The van der Waals surface area contributed by atoms with E-state index in [4.69, 9.17) is 15.2 Å². The quantitative estimate of drug-likeness (QED) is 0.521. The van der Waals surface area contributed by atoms with Gasteiger partial charge in [0.15, 0.2) is 0 Å². The number of carboxylic acids is 1. The van der Waals surface area contributed by atoms with Crippen molar-refractivity contribution >= 4 is 18.6 Å². The number of pyridine rings is 1. The third kappa shape index (κ3) is 2.55. The topological polar surface area (TPSA) is 90.7 Å². The van der Waals surface area contributed by atoms with Crippen molar-refractivity contribution in [2.45, 2.75) is 13.3 Å². The molecule has 3 N–H and O–H groups in total. The van der Waals surface area contributed by atoms with Crippen molar-refractivity contribution in [3.05, 3.63) is 23.5 Å². The van der Waals surface area contributed by atoms with Crippen molar-refractivity contribution in [3.63, 3.8) is 0 Å². The molecule has 5 nitrogen and oxygen atoms in total. The van der Waals surface area contributed by atoms with E-state index in [0.29, 0.717) is 11.3 Å². The van der Waals surface area contributed by atoms with Gasteiger partial charge in [-0.05, 0) is 12.5 Å². The third-order valence-corrected chi connectivity index (χ3v) is 1.82. The first kappa shape index (κ1) is 10.7. The van der Waals surface area contributed by atoms with Crippen LogP contribution in [0.4, 0.5) is 0 Å². The number of carboxylic acid groups (broad SMARTS) is 1. The van der Waals surface area contributed by atoms with E-state index < -0.39 is 13.1 Å². The minimum absolute atomic E-state index is 0.159. The van der Waals surface area contributed by atoms with Crippen LogP contribution in [0.25, 0.3) is 0 Å². The van der Waals surface area contributed by atoms with Gasteiger partial charge in [0.1, 0.15) is 0 Å². The Morgan fingerprint density at radius 3 is 2.64 bits per heavy atom. The van der Waals surface area contributed by atoms with Crippen LogP contribution in [0.3, 0.4) is 0 Å². The van der Waals surface area contributed by atoms with Gasteiger partial charge in [0, 0.05) is 11.7 Å². The molecule has 0 fully saturated rings. The Kier molecular flexibility index (Phi) is 3.21. The molecule has 6 heteroatoms. The van der Waals surface area contributed by atoms with Gasteiger partial charge < -0.3 is 15.2 Å². The highest BCUT2D eigenvalue weighted by molar-refractivity contribution is 6.58. The molecule has 0 aromatic carbocycles. The highest BCUT2D eigenvalue weighted by Crippen LogP contribution is 2.02. The molecule has 0 spiro atoms. The van der Waals surface area contributed by atoms with E-state index in [1.54, 1.807) is 6.92 Å². The summed E-state index contributed by atoms with van der Waals surface area (Å²) in [5.41, 5.74) is 1.33. The monoisotopic (exact) mass is 195 g/mol. The summed E-state index contributed by atoms with van der Waals surface area (Å²) in [7, 11) is -1.57. The zero-order chi connectivity index (χ0) is 10.7. The molecule has 74 valence electrons. The van der Waals surface area contributed by atoms with Crippen LogP contribution in [0.2, 0.25) is 0 Å². The molecule has 0 atom stereocenters. The average molecular weight is 195 g/mol. The smallest absolute Gasteiger partial charge is 0.481 e. The number of carbonyl (C=O) groups is 1. The fraction of sp³-hybridized carbons (Fsp3) is 0.250. The van der Waals surface area contributed by atoms with Gasteiger partial charge in [0.2, 0.25) is 0 Å². The molecular weight excluding hydrogens is 185 g/mol. The first-order valence-electron chi connectivity index (χ1n) is 4.04. The second kappa shape index (κ2) is 4.21. The Hall–Kier alpha value is -1.40.